The van der Waals surface area contributed by atoms with Gasteiger partial charge in [0.05, 0.1) is 17.3 Å². The van der Waals surface area contributed by atoms with Crippen LogP contribution in [0.2, 0.25) is 0 Å². The number of amides is 1. The van der Waals surface area contributed by atoms with E-state index in [0.29, 0.717) is 31.6 Å². The Morgan fingerprint density at radius 2 is 1.72 bits per heavy atom. The van der Waals surface area contributed by atoms with Crippen LogP contribution in [0.15, 0.2) is 89.5 Å². The molecule has 0 spiro atoms. The lowest BCUT2D eigenvalue weighted by atomic mass is 10.1. The first kappa shape index (κ1) is 25.2. The molecule has 0 atom stereocenters. The van der Waals surface area contributed by atoms with Gasteiger partial charge in [-0.3, -0.25) is 4.79 Å². The summed E-state index contributed by atoms with van der Waals surface area (Å²) in [6.45, 7) is 4.90. The van der Waals surface area contributed by atoms with Crippen LogP contribution in [0.1, 0.15) is 33.7 Å². The number of anilines is 1. The average molecular weight is 582 g/mol. The summed E-state index contributed by atoms with van der Waals surface area (Å²) in [5.41, 5.74) is 4.84. The second kappa shape index (κ2) is 11.0. The van der Waals surface area contributed by atoms with Gasteiger partial charge in [0.25, 0.3) is 5.91 Å². The minimum atomic E-state index is 0.0583. The molecule has 39 heavy (non-hydrogen) atoms. The van der Waals surface area contributed by atoms with E-state index in [1.807, 2.05) is 70.4 Å². The first-order chi connectivity index (χ1) is 19.0. The number of benzene rings is 3. The van der Waals surface area contributed by atoms with Crippen molar-refractivity contribution in [3.8, 4) is 5.69 Å². The highest BCUT2D eigenvalue weighted by Crippen LogP contribution is 2.28. The molecule has 1 amide bonds. The van der Waals surface area contributed by atoms with Crippen molar-refractivity contribution >= 4 is 38.7 Å². The molecule has 0 unspecified atom stereocenters. The number of hydrogen-bond acceptors (Lipinski definition) is 5. The molecule has 8 heteroatoms. The number of halogens is 1. The van der Waals surface area contributed by atoms with Crippen molar-refractivity contribution in [1.29, 1.82) is 0 Å². The largest absolute Gasteiger partial charge is 0.354 e. The van der Waals surface area contributed by atoms with Gasteiger partial charge in [0.1, 0.15) is 11.6 Å². The molecule has 5 aromatic rings. The fraction of sp³-hybridized carbons (Fsp3) is 0.226. The Hall–Kier alpha value is -4.04. The van der Waals surface area contributed by atoms with Crippen molar-refractivity contribution in [3.05, 3.63) is 112 Å². The molecule has 6 rings (SSSR count). The maximum atomic E-state index is 13.2. The lowest BCUT2D eigenvalue weighted by molar-refractivity contribution is 0.0767. The summed E-state index contributed by atoms with van der Waals surface area (Å²) >= 11 is 3.48. The van der Waals surface area contributed by atoms with Crippen LogP contribution < -0.4 is 4.90 Å². The SMILES string of the molecule is Cc1ccc(Cc2nc(N3CCCN(C(=O)c4cccc(Br)c4)CC3)c3cnn(-c4ccccc4)c3n2)cc1. The van der Waals surface area contributed by atoms with E-state index in [0.717, 1.165) is 45.8 Å². The molecule has 196 valence electrons. The molecule has 0 aliphatic carbocycles. The molecule has 1 aliphatic heterocycles. The van der Waals surface area contributed by atoms with Gasteiger partial charge in [-0.1, -0.05) is 70.0 Å². The highest BCUT2D eigenvalue weighted by atomic mass is 79.9. The van der Waals surface area contributed by atoms with E-state index in [1.54, 1.807) is 0 Å². The molecule has 3 aromatic carbocycles. The fourth-order valence-electron chi connectivity index (χ4n) is 5.04. The molecular formula is C31H29BrN6O. The normalized spacial score (nSPS) is 14.0. The van der Waals surface area contributed by atoms with Gasteiger partial charge in [0.15, 0.2) is 5.65 Å². The number of fused-ring (bicyclic) bond motifs is 1. The van der Waals surface area contributed by atoms with Crippen LogP contribution in [0.3, 0.4) is 0 Å². The van der Waals surface area contributed by atoms with Crippen molar-refractivity contribution in [2.45, 2.75) is 19.8 Å². The van der Waals surface area contributed by atoms with Crippen LogP contribution in [-0.2, 0) is 6.42 Å². The molecule has 0 bridgehead atoms. The quantitative estimate of drug-likeness (QED) is 0.261. The van der Waals surface area contributed by atoms with E-state index >= 15 is 0 Å². The summed E-state index contributed by atoms with van der Waals surface area (Å²) < 4.78 is 2.80. The number of carbonyl (C=O) groups is 1. The van der Waals surface area contributed by atoms with Crippen molar-refractivity contribution in [2.24, 2.45) is 0 Å². The summed E-state index contributed by atoms with van der Waals surface area (Å²) in [5, 5.41) is 5.63. The van der Waals surface area contributed by atoms with E-state index in [-0.39, 0.29) is 5.91 Å². The third kappa shape index (κ3) is 5.43. The van der Waals surface area contributed by atoms with Gasteiger partial charge < -0.3 is 9.80 Å². The van der Waals surface area contributed by atoms with Crippen LogP contribution >= 0.6 is 15.9 Å². The summed E-state index contributed by atoms with van der Waals surface area (Å²) in [6, 6.07) is 26.2. The van der Waals surface area contributed by atoms with Gasteiger partial charge in [0, 0.05) is 42.6 Å². The number of aromatic nitrogens is 4. The predicted molar refractivity (Wildman–Crippen MR) is 158 cm³/mol. The van der Waals surface area contributed by atoms with Gasteiger partial charge in [-0.25, -0.2) is 14.6 Å². The molecular weight excluding hydrogens is 552 g/mol. The van der Waals surface area contributed by atoms with Crippen LogP contribution in [0, 0.1) is 6.92 Å². The minimum Gasteiger partial charge on any atom is -0.354 e. The molecule has 0 N–H and O–H groups in total. The summed E-state index contributed by atoms with van der Waals surface area (Å²) in [5.74, 6) is 1.69. The first-order valence-electron chi connectivity index (χ1n) is 13.2. The third-order valence-electron chi connectivity index (χ3n) is 7.09. The lowest BCUT2D eigenvalue weighted by Gasteiger charge is -2.24. The van der Waals surface area contributed by atoms with Crippen molar-refractivity contribution in [2.75, 3.05) is 31.1 Å². The minimum absolute atomic E-state index is 0.0583. The Morgan fingerprint density at radius 1 is 0.897 bits per heavy atom. The molecule has 2 aromatic heterocycles. The summed E-state index contributed by atoms with van der Waals surface area (Å²) in [6.07, 6.45) is 3.35. The second-order valence-corrected chi connectivity index (χ2v) is 10.8. The summed E-state index contributed by atoms with van der Waals surface area (Å²) in [7, 11) is 0. The van der Waals surface area contributed by atoms with E-state index < -0.39 is 0 Å². The molecule has 0 saturated carbocycles. The number of carbonyl (C=O) groups excluding carboxylic acids is 1. The topological polar surface area (TPSA) is 67.2 Å². The zero-order valence-corrected chi connectivity index (χ0v) is 23.4. The van der Waals surface area contributed by atoms with Crippen LogP contribution in [0.5, 0.6) is 0 Å². The van der Waals surface area contributed by atoms with E-state index in [2.05, 4.69) is 52.0 Å². The van der Waals surface area contributed by atoms with Crippen LogP contribution in [0.4, 0.5) is 5.82 Å². The monoisotopic (exact) mass is 580 g/mol. The second-order valence-electron chi connectivity index (χ2n) is 9.90. The molecule has 3 heterocycles. The standard InChI is InChI=1S/C31H29BrN6O/c1-22-11-13-23(14-12-22)19-28-34-29(27-21-33-38(30(27)35-28)26-9-3-2-4-10-26)36-15-6-16-37(18-17-36)31(39)24-7-5-8-25(32)20-24/h2-5,7-14,20-21H,6,15-19H2,1H3. The smallest absolute Gasteiger partial charge is 0.253 e. The Bertz CT molecular complexity index is 1620. The van der Waals surface area contributed by atoms with Gasteiger partial charge >= 0.3 is 0 Å². The average Bonchev–Trinajstić information content (AvgIpc) is 3.23. The summed E-state index contributed by atoms with van der Waals surface area (Å²) in [4.78, 5) is 27.6. The molecule has 1 fully saturated rings. The van der Waals surface area contributed by atoms with Gasteiger partial charge in [0.2, 0.25) is 0 Å². The van der Waals surface area contributed by atoms with Gasteiger partial charge in [-0.15, -0.1) is 0 Å². The van der Waals surface area contributed by atoms with Crippen molar-refractivity contribution in [3.63, 3.8) is 0 Å². The maximum absolute atomic E-state index is 13.2. The Balaban J connectivity index is 1.34. The zero-order chi connectivity index (χ0) is 26.8. The third-order valence-corrected chi connectivity index (χ3v) is 7.59. The molecule has 7 nitrogen and oxygen atoms in total. The predicted octanol–water partition coefficient (Wildman–Crippen LogP) is 5.83. The van der Waals surface area contributed by atoms with Gasteiger partial charge in [-0.05, 0) is 49.2 Å². The van der Waals surface area contributed by atoms with Gasteiger partial charge in [-0.2, -0.15) is 5.10 Å². The molecule has 1 aliphatic rings. The number of rotatable bonds is 5. The van der Waals surface area contributed by atoms with E-state index in [9.17, 15) is 4.79 Å². The van der Waals surface area contributed by atoms with Crippen molar-refractivity contribution < 1.29 is 4.79 Å². The van der Waals surface area contributed by atoms with E-state index in [1.165, 1.54) is 11.1 Å². The lowest BCUT2D eigenvalue weighted by Crippen LogP contribution is -2.35. The molecule has 0 radical (unpaired) electrons. The van der Waals surface area contributed by atoms with Crippen molar-refractivity contribution in [1.82, 2.24) is 24.6 Å². The maximum Gasteiger partial charge on any atom is 0.253 e. The highest BCUT2D eigenvalue weighted by Gasteiger charge is 2.24. The number of nitrogens with zero attached hydrogens (tertiary/aromatic N) is 6. The fourth-order valence-corrected chi connectivity index (χ4v) is 5.44. The Morgan fingerprint density at radius 3 is 2.51 bits per heavy atom. The molecule has 1 saturated heterocycles. The first-order valence-corrected chi connectivity index (χ1v) is 14.0. The Labute approximate surface area is 236 Å². The van der Waals surface area contributed by atoms with Crippen LogP contribution in [0.25, 0.3) is 16.7 Å². The number of para-hydroxylation sites is 1. The highest BCUT2D eigenvalue weighted by molar-refractivity contribution is 9.10. The zero-order valence-electron chi connectivity index (χ0n) is 21.8. The Kier molecular flexibility index (Phi) is 7.11. The number of hydrogen-bond donors (Lipinski definition) is 0. The van der Waals surface area contributed by atoms with E-state index in [4.69, 9.17) is 15.1 Å². The van der Waals surface area contributed by atoms with Crippen LogP contribution in [-0.4, -0.2) is 56.7 Å². The number of aryl methyl sites for hydroxylation is 1.